The number of halogens is 1. The van der Waals surface area contributed by atoms with Crippen molar-refractivity contribution in [2.24, 2.45) is 11.7 Å². The summed E-state index contributed by atoms with van der Waals surface area (Å²) in [5.74, 6) is 0.639. The number of likely N-dealkylation sites (N-methyl/N-ethyl adjacent to an activating group) is 1. The molecule has 4 fully saturated rings. The molecular formula is C21H42ClN7O3. The molecule has 4 rings (SSSR count). The molecular weight excluding hydrogens is 434 g/mol. The van der Waals surface area contributed by atoms with E-state index in [2.05, 4.69) is 26.2 Å². The summed E-state index contributed by atoms with van der Waals surface area (Å²) in [7, 11) is 2.02. The van der Waals surface area contributed by atoms with Crippen molar-refractivity contribution in [3.63, 3.8) is 0 Å². The summed E-state index contributed by atoms with van der Waals surface area (Å²) in [6, 6.07) is 0.0205. The Balaban J connectivity index is 1.17. The van der Waals surface area contributed by atoms with Gasteiger partial charge in [-0.15, -0.1) is 11.6 Å². The molecule has 0 aromatic heterocycles. The third-order valence-corrected chi connectivity index (χ3v) is 8.15. The molecule has 32 heavy (non-hydrogen) atoms. The topological polar surface area (TPSA) is 130 Å². The summed E-state index contributed by atoms with van der Waals surface area (Å²) in [4.78, 5) is 4.17. The van der Waals surface area contributed by atoms with Gasteiger partial charge in [-0.25, -0.2) is 4.90 Å². The molecule has 0 spiro atoms. The van der Waals surface area contributed by atoms with Crippen LogP contribution in [-0.2, 0) is 4.74 Å². The summed E-state index contributed by atoms with van der Waals surface area (Å²) in [5.41, 5.74) is 6.14. The Morgan fingerprint density at radius 2 is 1.97 bits per heavy atom. The van der Waals surface area contributed by atoms with Crippen LogP contribution >= 0.6 is 11.6 Å². The zero-order valence-electron chi connectivity index (χ0n) is 19.1. The van der Waals surface area contributed by atoms with Gasteiger partial charge in [0.05, 0.1) is 25.0 Å². The van der Waals surface area contributed by atoms with Gasteiger partial charge in [0.2, 0.25) is 0 Å². The molecule has 0 radical (unpaired) electrons. The fourth-order valence-electron chi connectivity index (χ4n) is 5.57. The largest absolute Gasteiger partial charge is 0.387 e. The smallest absolute Gasteiger partial charge is 0.142 e. The monoisotopic (exact) mass is 475 g/mol. The van der Waals surface area contributed by atoms with Gasteiger partial charge in [0.15, 0.2) is 0 Å². The van der Waals surface area contributed by atoms with Gasteiger partial charge >= 0.3 is 0 Å². The second-order valence-electron chi connectivity index (χ2n) is 9.87. The minimum absolute atomic E-state index is 0.0205. The molecule has 9 atom stereocenters. The number of aliphatic hydroxyl groups excluding tert-OH is 2. The van der Waals surface area contributed by atoms with E-state index in [1.165, 1.54) is 19.3 Å². The molecule has 1 aliphatic carbocycles. The van der Waals surface area contributed by atoms with Crippen molar-refractivity contribution in [1.82, 2.24) is 31.1 Å². The normalized spacial score (nSPS) is 43.1. The van der Waals surface area contributed by atoms with Gasteiger partial charge in [0.25, 0.3) is 0 Å². The number of fused-ring (bicyclic) bond motifs is 1. The van der Waals surface area contributed by atoms with E-state index in [1.807, 2.05) is 11.9 Å². The molecule has 4 aliphatic rings. The zero-order chi connectivity index (χ0) is 22.7. The van der Waals surface area contributed by atoms with Crippen LogP contribution in [0.5, 0.6) is 0 Å². The SMILES string of the molecule is CN(CCNCCC1CCCCC1Cl)C[C@H]1O[C@@H](N2CNC3C(N)NCNC32)[C@H](O)[C@@H]1O. The van der Waals surface area contributed by atoms with E-state index >= 15 is 0 Å². The lowest BCUT2D eigenvalue weighted by molar-refractivity contribution is -0.106. The maximum absolute atomic E-state index is 10.7. The first kappa shape index (κ1) is 25.0. The first-order valence-electron chi connectivity index (χ1n) is 12.2. The van der Waals surface area contributed by atoms with Crippen molar-refractivity contribution < 1.29 is 14.9 Å². The highest BCUT2D eigenvalue weighted by Gasteiger charge is 2.51. The van der Waals surface area contributed by atoms with Crippen molar-refractivity contribution in [2.75, 3.05) is 46.6 Å². The highest BCUT2D eigenvalue weighted by atomic mass is 35.5. The lowest BCUT2D eigenvalue weighted by atomic mass is 9.86. The molecule has 5 unspecified atom stereocenters. The Labute approximate surface area is 196 Å². The second kappa shape index (κ2) is 11.5. The van der Waals surface area contributed by atoms with Crippen molar-refractivity contribution in [3.8, 4) is 0 Å². The summed E-state index contributed by atoms with van der Waals surface area (Å²) >= 11 is 6.46. The van der Waals surface area contributed by atoms with Crippen molar-refractivity contribution in [2.45, 2.75) is 80.4 Å². The minimum atomic E-state index is -0.959. The molecule has 10 nitrogen and oxygen atoms in total. The van der Waals surface area contributed by atoms with E-state index < -0.39 is 24.5 Å². The Hall–Kier alpha value is -0.110. The lowest BCUT2D eigenvalue weighted by Crippen LogP contribution is -2.68. The van der Waals surface area contributed by atoms with Gasteiger partial charge in [-0.2, -0.15) is 0 Å². The van der Waals surface area contributed by atoms with Crippen LogP contribution in [0.1, 0.15) is 32.1 Å². The molecule has 0 amide bonds. The summed E-state index contributed by atoms with van der Waals surface area (Å²) < 4.78 is 6.15. The van der Waals surface area contributed by atoms with Crippen LogP contribution in [0.2, 0.25) is 0 Å². The molecule has 3 heterocycles. The van der Waals surface area contributed by atoms with Gasteiger partial charge in [0, 0.05) is 31.7 Å². The highest BCUT2D eigenvalue weighted by molar-refractivity contribution is 6.20. The minimum Gasteiger partial charge on any atom is -0.387 e. The molecule has 8 N–H and O–H groups in total. The predicted molar refractivity (Wildman–Crippen MR) is 124 cm³/mol. The quantitative estimate of drug-likeness (QED) is 0.150. The molecule has 3 saturated heterocycles. The molecule has 186 valence electrons. The van der Waals surface area contributed by atoms with E-state index in [4.69, 9.17) is 22.1 Å². The van der Waals surface area contributed by atoms with Crippen LogP contribution in [0.15, 0.2) is 0 Å². The molecule has 0 bridgehead atoms. The van der Waals surface area contributed by atoms with Gasteiger partial charge in [-0.05, 0) is 38.8 Å². The first-order chi connectivity index (χ1) is 15.5. The molecule has 0 aromatic carbocycles. The van der Waals surface area contributed by atoms with Gasteiger partial charge in [-0.1, -0.05) is 12.8 Å². The van der Waals surface area contributed by atoms with E-state index in [0.717, 1.165) is 32.5 Å². The molecule has 3 aliphatic heterocycles. The van der Waals surface area contributed by atoms with Crippen molar-refractivity contribution >= 4 is 11.6 Å². The van der Waals surface area contributed by atoms with E-state index in [9.17, 15) is 10.2 Å². The number of nitrogens with one attached hydrogen (secondary N) is 4. The highest BCUT2D eigenvalue weighted by Crippen LogP contribution is 2.31. The summed E-state index contributed by atoms with van der Waals surface area (Å²) in [6.45, 7) is 4.41. The molecule has 1 saturated carbocycles. The van der Waals surface area contributed by atoms with E-state index in [0.29, 0.717) is 31.2 Å². The predicted octanol–water partition coefficient (Wildman–Crippen LogP) is -1.87. The average molecular weight is 476 g/mol. The maximum atomic E-state index is 10.7. The number of rotatable bonds is 9. The number of aliphatic hydroxyl groups is 2. The van der Waals surface area contributed by atoms with E-state index in [1.54, 1.807) is 0 Å². The fraction of sp³-hybridized carbons (Fsp3) is 1.00. The lowest BCUT2D eigenvalue weighted by Gasteiger charge is -2.38. The van der Waals surface area contributed by atoms with Gasteiger partial charge in [-0.3, -0.25) is 16.0 Å². The zero-order valence-corrected chi connectivity index (χ0v) is 19.9. The maximum Gasteiger partial charge on any atom is 0.142 e. The van der Waals surface area contributed by atoms with Crippen LogP contribution < -0.4 is 27.0 Å². The van der Waals surface area contributed by atoms with Crippen molar-refractivity contribution in [1.29, 1.82) is 0 Å². The second-order valence-corrected chi connectivity index (χ2v) is 10.4. The third-order valence-electron chi connectivity index (χ3n) is 7.58. The van der Waals surface area contributed by atoms with E-state index in [-0.39, 0.29) is 18.4 Å². The average Bonchev–Trinajstić information content (AvgIpc) is 3.32. The van der Waals surface area contributed by atoms with Crippen LogP contribution in [-0.4, -0.2) is 115 Å². The Morgan fingerprint density at radius 3 is 2.78 bits per heavy atom. The molecule has 11 heteroatoms. The Morgan fingerprint density at radius 1 is 1.16 bits per heavy atom. The molecule has 0 aromatic rings. The number of ether oxygens (including phenoxy) is 1. The van der Waals surface area contributed by atoms with Gasteiger partial charge in [0.1, 0.15) is 24.5 Å². The third kappa shape index (κ3) is 5.75. The van der Waals surface area contributed by atoms with Gasteiger partial charge < -0.3 is 30.9 Å². The number of hydrogen-bond donors (Lipinski definition) is 7. The number of alkyl halides is 1. The number of nitrogens with two attached hydrogens (primary N) is 1. The summed E-state index contributed by atoms with van der Waals surface area (Å²) in [6.07, 6.45) is 3.02. The Kier molecular flexibility index (Phi) is 9.02. The first-order valence-corrected chi connectivity index (χ1v) is 12.7. The summed E-state index contributed by atoms with van der Waals surface area (Å²) in [5, 5.41) is 35.1. The van der Waals surface area contributed by atoms with Crippen LogP contribution in [0.4, 0.5) is 0 Å². The van der Waals surface area contributed by atoms with Crippen LogP contribution in [0.3, 0.4) is 0 Å². The Bertz CT molecular complexity index is 594. The fourth-order valence-corrected chi connectivity index (χ4v) is 5.98. The number of nitrogens with zero attached hydrogens (tertiary/aromatic N) is 2. The van der Waals surface area contributed by atoms with Crippen molar-refractivity contribution in [3.05, 3.63) is 0 Å². The van der Waals surface area contributed by atoms with Crippen LogP contribution in [0.25, 0.3) is 0 Å². The number of hydrogen-bond acceptors (Lipinski definition) is 10. The van der Waals surface area contributed by atoms with Crippen LogP contribution in [0, 0.1) is 5.92 Å². The standard InChI is InChI=1S/C21H42ClN7O3/c1-28(9-8-24-7-6-13-4-2-3-5-14(13)22)10-15-17(30)18(31)21(32-15)29-12-27-16-19(23)25-11-26-20(16)29/h13-21,24-27,30-31H,2-12,23H2,1H3/t13?,14?,15-,16?,17-,18-,19?,20?,21-/m1/s1.